The van der Waals surface area contributed by atoms with E-state index in [2.05, 4.69) is 15.8 Å². The highest BCUT2D eigenvalue weighted by molar-refractivity contribution is 7.89. The fourth-order valence-corrected chi connectivity index (χ4v) is 6.08. The smallest absolute Gasteiger partial charge is 0.241 e. The summed E-state index contributed by atoms with van der Waals surface area (Å²) in [6.45, 7) is 6.71. The van der Waals surface area contributed by atoms with Crippen molar-refractivity contribution in [3.63, 3.8) is 0 Å². The van der Waals surface area contributed by atoms with Gasteiger partial charge in [-0.1, -0.05) is 38.1 Å². The zero-order valence-electron chi connectivity index (χ0n) is 17.3. The van der Waals surface area contributed by atoms with E-state index in [9.17, 15) is 13.2 Å². The molecule has 8 heteroatoms. The Balaban J connectivity index is 1.57. The van der Waals surface area contributed by atoms with E-state index < -0.39 is 16.1 Å². The summed E-state index contributed by atoms with van der Waals surface area (Å²) in [5, 5.41) is 0.883. The lowest BCUT2D eigenvalue weighted by Crippen LogP contribution is -2.52. The summed E-state index contributed by atoms with van der Waals surface area (Å²) < 4.78 is 29.7. The lowest BCUT2D eigenvalue weighted by molar-refractivity contribution is -0.135. The molecular formula is C22H25N3O3S2. The van der Waals surface area contributed by atoms with Crippen molar-refractivity contribution in [2.75, 3.05) is 6.54 Å². The van der Waals surface area contributed by atoms with Crippen molar-refractivity contribution in [1.29, 1.82) is 0 Å². The monoisotopic (exact) mass is 443 g/mol. The van der Waals surface area contributed by atoms with E-state index in [4.69, 9.17) is 0 Å². The molecule has 0 spiro atoms. The number of sulfonamides is 1. The average Bonchev–Trinajstić information content (AvgIpc) is 3.10. The normalized spacial score (nSPS) is 15.4. The lowest BCUT2D eigenvalue weighted by Gasteiger charge is -2.33. The fraction of sp³-hybridized carbons (Fsp3) is 0.364. The first-order valence-corrected chi connectivity index (χ1v) is 12.3. The molecule has 4 rings (SSSR count). The highest BCUT2D eigenvalue weighted by atomic mass is 32.2. The van der Waals surface area contributed by atoms with E-state index in [1.54, 1.807) is 23.1 Å². The van der Waals surface area contributed by atoms with Gasteiger partial charge in [-0.25, -0.2) is 13.4 Å². The van der Waals surface area contributed by atoms with Gasteiger partial charge in [0.05, 0.1) is 20.1 Å². The number of benzene rings is 2. The van der Waals surface area contributed by atoms with Crippen LogP contribution in [0.1, 0.15) is 30.0 Å². The first kappa shape index (κ1) is 21.0. The molecule has 1 aliphatic rings. The van der Waals surface area contributed by atoms with Crippen LogP contribution < -0.4 is 4.72 Å². The van der Waals surface area contributed by atoms with E-state index in [1.165, 1.54) is 16.9 Å². The molecule has 3 aromatic rings. The standard InChI is InChI=1S/C22H25N3O3S2/c1-14(2)21(22(26)25-11-10-16-6-4-5-7-17(16)13-25)24-30(27,28)18-8-9-19-20(12-18)29-15(3)23-19/h4-9,12,14,21,24H,10-11,13H2,1-3H3/t21-/m1/s1. The van der Waals surface area contributed by atoms with Crippen LogP contribution in [0.2, 0.25) is 0 Å². The maximum atomic E-state index is 13.3. The quantitative estimate of drug-likeness (QED) is 0.655. The number of nitrogens with one attached hydrogen (secondary N) is 1. The molecular weight excluding hydrogens is 418 g/mol. The fourth-order valence-electron chi connectivity index (χ4n) is 3.77. The predicted octanol–water partition coefficient (Wildman–Crippen LogP) is 3.49. The van der Waals surface area contributed by atoms with Gasteiger partial charge in [-0.2, -0.15) is 4.72 Å². The van der Waals surface area contributed by atoms with Gasteiger partial charge in [0.1, 0.15) is 6.04 Å². The molecule has 0 radical (unpaired) electrons. The molecule has 1 atom stereocenters. The van der Waals surface area contributed by atoms with Gasteiger partial charge in [0.2, 0.25) is 15.9 Å². The number of amides is 1. The molecule has 0 saturated heterocycles. The van der Waals surface area contributed by atoms with E-state index in [1.807, 2.05) is 39.0 Å². The Morgan fingerprint density at radius 1 is 1.17 bits per heavy atom. The number of thiazole rings is 1. The average molecular weight is 444 g/mol. The lowest BCUT2D eigenvalue weighted by atomic mass is 9.97. The summed E-state index contributed by atoms with van der Waals surface area (Å²) in [4.78, 5) is 19.6. The Hall–Kier alpha value is -2.29. The van der Waals surface area contributed by atoms with Crippen LogP contribution in [0.5, 0.6) is 0 Å². The van der Waals surface area contributed by atoms with E-state index in [0.717, 1.165) is 27.2 Å². The predicted molar refractivity (Wildman–Crippen MR) is 119 cm³/mol. The summed E-state index contributed by atoms with van der Waals surface area (Å²) in [6.07, 6.45) is 0.779. The molecule has 0 bridgehead atoms. The molecule has 1 N–H and O–H groups in total. The Labute approximate surface area is 181 Å². The topological polar surface area (TPSA) is 79.4 Å². The molecule has 1 aliphatic heterocycles. The largest absolute Gasteiger partial charge is 0.337 e. The van der Waals surface area contributed by atoms with E-state index >= 15 is 0 Å². The van der Waals surface area contributed by atoms with Crippen LogP contribution in [-0.4, -0.2) is 36.8 Å². The highest BCUT2D eigenvalue weighted by Crippen LogP contribution is 2.25. The number of carbonyl (C=O) groups excluding carboxylic acids is 1. The summed E-state index contributed by atoms with van der Waals surface area (Å²) in [5.74, 6) is -0.364. The summed E-state index contributed by atoms with van der Waals surface area (Å²) in [5.41, 5.74) is 3.14. The first-order valence-electron chi connectivity index (χ1n) is 10.00. The molecule has 2 heterocycles. The van der Waals surface area contributed by atoms with Gasteiger partial charge in [-0.15, -0.1) is 11.3 Å². The molecule has 0 saturated carbocycles. The van der Waals surface area contributed by atoms with Gasteiger partial charge in [0, 0.05) is 13.1 Å². The van der Waals surface area contributed by atoms with Gasteiger partial charge in [-0.3, -0.25) is 4.79 Å². The van der Waals surface area contributed by atoms with Crippen LogP contribution in [0, 0.1) is 12.8 Å². The van der Waals surface area contributed by atoms with Crippen LogP contribution >= 0.6 is 11.3 Å². The Kier molecular flexibility index (Phi) is 5.65. The second-order valence-electron chi connectivity index (χ2n) is 7.98. The van der Waals surface area contributed by atoms with Gasteiger partial charge >= 0.3 is 0 Å². The Morgan fingerprint density at radius 3 is 2.63 bits per heavy atom. The first-order chi connectivity index (χ1) is 14.2. The molecule has 6 nitrogen and oxygen atoms in total. The van der Waals surface area contributed by atoms with Crippen molar-refractivity contribution in [2.45, 2.75) is 44.7 Å². The molecule has 1 amide bonds. The number of aromatic nitrogens is 1. The summed E-state index contributed by atoms with van der Waals surface area (Å²) in [7, 11) is -3.85. The molecule has 0 unspecified atom stereocenters. The minimum absolute atomic E-state index is 0.154. The molecule has 0 aliphatic carbocycles. The van der Waals surface area contributed by atoms with E-state index in [0.29, 0.717) is 13.1 Å². The zero-order chi connectivity index (χ0) is 21.5. The molecule has 30 heavy (non-hydrogen) atoms. The second-order valence-corrected chi connectivity index (χ2v) is 10.9. The van der Waals surface area contributed by atoms with Gasteiger partial charge < -0.3 is 4.90 Å². The van der Waals surface area contributed by atoms with Crippen LogP contribution in [0.25, 0.3) is 10.2 Å². The van der Waals surface area contributed by atoms with Crippen LogP contribution in [0.4, 0.5) is 0 Å². The SMILES string of the molecule is Cc1nc2ccc(S(=O)(=O)N[C@@H](C(=O)N3CCc4ccccc4C3)C(C)C)cc2s1. The Bertz CT molecular complexity index is 1200. The molecule has 0 fully saturated rings. The van der Waals surface area contributed by atoms with Crippen LogP contribution in [-0.2, 0) is 27.8 Å². The van der Waals surface area contributed by atoms with E-state index in [-0.39, 0.29) is 16.7 Å². The molecule has 158 valence electrons. The number of hydrogen-bond acceptors (Lipinski definition) is 5. The maximum Gasteiger partial charge on any atom is 0.241 e. The Morgan fingerprint density at radius 2 is 1.90 bits per heavy atom. The second kappa shape index (κ2) is 8.09. The number of nitrogens with zero attached hydrogens (tertiary/aromatic N) is 2. The van der Waals surface area contributed by atoms with Gasteiger partial charge in [0.25, 0.3) is 0 Å². The summed E-state index contributed by atoms with van der Waals surface area (Å²) >= 11 is 1.45. The maximum absolute atomic E-state index is 13.3. The third-order valence-corrected chi connectivity index (χ3v) is 7.81. The third-order valence-electron chi connectivity index (χ3n) is 5.43. The van der Waals surface area contributed by atoms with Crippen molar-refractivity contribution in [3.8, 4) is 0 Å². The van der Waals surface area contributed by atoms with Crippen molar-refractivity contribution in [2.24, 2.45) is 5.92 Å². The van der Waals surface area contributed by atoms with Crippen molar-refractivity contribution >= 4 is 37.5 Å². The summed E-state index contributed by atoms with van der Waals surface area (Å²) in [6, 6.07) is 12.1. The number of rotatable bonds is 5. The van der Waals surface area contributed by atoms with Gasteiger partial charge in [-0.05, 0) is 48.6 Å². The minimum Gasteiger partial charge on any atom is -0.337 e. The number of hydrogen-bond donors (Lipinski definition) is 1. The van der Waals surface area contributed by atoms with Crippen molar-refractivity contribution in [1.82, 2.24) is 14.6 Å². The number of fused-ring (bicyclic) bond motifs is 2. The van der Waals surface area contributed by atoms with Gasteiger partial charge in [0.15, 0.2) is 0 Å². The minimum atomic E-state index is -3.85. The van der Waals surface area contributed by atoms with Crippen LogP contribution in [0.3, 0.4) is 0 Å². The molecule has 2 aromatic carbocycles. The van der Waals surface area contributed by atoms with Crippen molar-refractivity contribution in [3.05, 3.63) is 58.6 Å². The number of carbonyl (C=O) groups is 1. The third kappa shape index (κ3) is 4.12. The zero-order valence-corrected chi connectivity index (χ0v) is 18.9. The number of aryl methyl sites for hydroxylation is 1. The highest BCUT2D eigenvalue weighted by Gasteiger charge is 2.33. The van der Waals surface area contributed by atoms with Crippen molar-refractivity contribution < 1.29 is 13.2 Å². The van der Waals surface area contributed by atoms with Crippen LogP contribution in [0.15, 0.2) is 47.4 Å². The molecule has 1 aromatic heterocycles.